The maximum absolute atomic E-state index is 11.4. The van der Waals surface area contributed by atoms with Crippen LogP contribution < -0.4 is 5.32 Å². The Hall–Kier alpha value is -0.610. The van der Waals surface area contributed by atoms with Crippen molar-refractivity contribution in [3.63, 3.8) is 0 Å². The number of rotatable bonds is 3. The Morgan fingerprint density at radius 3 is 2.61 bits per heavy atom. The molecular formula is C14H26N2O2. The monoisotopic (exact) mass is 254 g/mol. The third-order valence-corrected chi connectivity index (χ3v) is 5.04. The number of aliphatic carboxylic acids is 1. The second-order valence-corrected chi connectivity index (χ2v) is 6.25. The quantitative estimate of drug-likeness (QED) is 0.805. The number of carbonyl (C=O) groups is 1. The molecular weight excluding hydrogens is 228 g/mol. The summed E-state index contributed by atoms with van der Waals surface area (Å²) in [5, 5.41) is 12.5. The lowest BCUT2D eigenvalue weighted by Gasteiger charge is -2.41. The summed E-state index contributed by atoms with van der Waals surface area (Å²) in [6.45, 7) is 5.74. The number of hydrogen-bond acceptors (Lipinski definition) is 3. The number of carboxylic acid groups (broad SMARTS) is 1. The van der Waals surface area contributed by atoms with E-state index < -0.39 is 11.5 Å². The molecule has 0 aromatic carbocycles. The van der Waals surface area contributed by atoms with E-state index in [1.54, 1.807) is 7.05 Å². The number of piperidine rings is 1. The first-order chi connectivity index (χ1) is 8.48. The lowest BCUT2D eigenvalue weighted by atomic mass is 9.91. The van der Waals surface area contributed by atoms with Crippen LogP contribution in [0, 0.1) is 5.92 Å². The lowest BCUT2D eigenvalue weighted by molar-refractivity contribution is -0.144. The Morgan fingerprint density at radius 2 is 2.11 bits per heavy atom. The third-order valence-electron chi connectivity index (χ3n) is 5.04. The Morgan fingerprint density at radius 1 is 1.39 bits per heavy atom. The second-order valence-electron chi connectivity index (χ2n) is 6.25. The first kappa shape index (κ1) is 13.8. The van der Waals surface area contributed by atoms with Gasteiger partial charge in [-0.05, 0) is 58.5 Å². The Labute approximate surface area is 110 Å². The molecule has 18 heavy (non-hydrogen) atoms. The van der Waals surface area contributed by atoms with Crippen LogP contribution in [0.25, 0.3) is 0 Å². The van der Waals surface area contributed by atoms with Gasteiger partial charge in [-0.3, -0.25) is 9.69 Å². The van der Waals surface area contributed by atoms with Crippen LogP contribution in [-0.4, -0.2) is 47.2 Å². The van der Waals surface area contributed by atoms with Crippen molar-refractivity contribution in [2.24, 2.45) is 5.92 Å². The van der Waals surface area contributed by atoms with Gasteiger partial charge in [0.05, 0.1) is 0 Å². The van der Waals surface area contributed by atoms with Gasteiger partial charge in [0.15, 0.2) is 0 Å². The van der Waals surface area contributed by atoms with Crippen LogP contribution in [0.5, 0.6) is 0 Å². The van der Waals surface area contributed by atoms with Gasteiger partial charge in [-0.1, -0.05) is 6.92 Å². The molecule has 1 saturated heterocycles. The van der Waals surface area contributed by atoms with Crippen molar-refractivity contribution in [1.29, 1.82) is 0 Å². The van der Waals surface area contributed by atoms with E-state index in [0.717, 1.165) is 31.7 Å². The van der Waals surface area contributed by atoms with E-state index in [9.17, 15) is 9.90 Å². The fourth-order valence-electron chi connectivity index (χ4n) is 3.80. The fourth-order valence-corrected chi connectivity index (χ4v) is 3.80. The van der Waals surface area contributed by atoms with E-state index in [4.69, 9.17) is 0 Å². The summed E-state index contributed by atoms with van der Waals surface area (Å²) in [7, 11) is 1.78. The molecule has 0 radical (unpaired) electrons. The number of hydrogen-bond donors (Lipinski definition) is 2. The lowest BCUT2D eigenvalue weighted by Crippen LogP contribution is -2.51. The van der Waals surface area contributed by atoms with Gasteiger partial charge in [0.1, 0.15) is 5.54 Å². The standard InChI is InChI=1S/C14H26N2O2/c1-10-5-7-16(11(2)8-10)12-4-6-14(9-12,15-3)13(17)18/h10-12,15H,4-9H2,1-3H3,(H,17,18). The summed E-state index contributed by atoms with van der Waals surface area (Å²) in [5.41, 5.74) is -0.687. The highest BCUT2D eigenvalue weighted by atomic mass is 16.4. The molecule has 104 valence electrons. The van der Waals surface area contributed by atoms with Gasteiger partial charge < -0.3 is 10.4 Å². The summed E-state index contributed by atoms with van der Waals surface area (Å²) in [4.78, 5) is 14.0. The van der Waals surface area contributed by atoms with E-state index in [0.29, 0.717) is 12.1 Å². The highest BCUT2D eigenvalue weighted by molar-refractivity contribution is 5.79. The summed E-state index contributed by atoms with van der Waals surface area (Å²) in [6.07, 6.45) is 5.00. The van der Waals surface area contributed by atoms with Crippen molar-refractivity contribution >= 4 is 5.97 Å². The average Bonchev–Trinajstić information content (AvgIpc) is 2.74. The van der Waals surface area contributed by atoms with Gasteiger partial charge in [-0.15, -0.1) is 0 Å². The molecule has 1 saturated carbocycles. The molecule has 1 aliphatic carbocycles. The van der Waals surface area contributed by atoms with Gasteiger partial charge in [0.2, 0.25) is 0 Å². The van der Waals surface area contributed by atoms with Gasteiger partial charge in [-0.25, -0.2) is 0 Å². The number of nitrogens with zero attached hydrogens (tertiary/aromatic N) is 1. The minimum atomic E-state index is -0.689. The van der Waals surface area contributed by atoms with E-state index in [-0.39, 0.29) is 0 Å². The molecule has 4 unspecified atom stereocenters. The predicted octanol–water partition coefficient (Wildman–Crippen LogP) is 1.70. The van der Waals surface area contributed by atoms with E-state index in [2.05, 4.69) is 24.1 Å². The highest BCUT2D eigenvalue weighted by Gasteiger charge is 2.47. The molecule has 4 nitrogen and oxygen atoms in total. The molecule has 2 fully saturated rings. The van der Waals surface area contributed by atoms with Crippen LogP contribution in [0.4, 0.5) is 0 Å². The highest BCUT2D eigenvalue weighted by Crippen LogP contribution is 2.36. The van der Waals surface area contributed by atoms with Crippen LogP contribution in [0.3, 0.4) is 0 Å². The fraction of sp³-hybridized carbons (Fsp3) is 0.929. The summed E-state index contributed by atoms with van der Waals surface area (Å²) in [6, 6.07) is 1.04. The molecule has 2 aliphatic rings. The zero-order valence-corrected chi connectivity index (χ0v) is 11.8. The first-order valence-electron chi connectivity index (χ1n) is 7.16. The smallest absolute Gasteiger partial charge is 0.323 e. The molecule has 0 aromatic rings. The zero-order chi connectivity index (χ0) is 13.3. The molecule has 1 aliphatic heterocycles. The van der Waals surface area contributed by atoms with E-state index in [1.165, 1.54) is 12.8 Å². The molecule has 0 bridgehead atoms. The first-order valence-corrected chi connectivity index (χ1v) is 7.16. The summed E-state index contributed by atoms with van der Waals surface area (Å²) >= 11 is 0. The largest absolute Gasteiger partial charge is 0.480 e. The van der Waals surface area contributed by atoms with Crippen molar-refractivity contribution in [2.75, 3.05) is 13.6 Å². The molecule has 0 amide bonds. The van der Waals surface area contributed by atoms with Crippen molar-refractivity contribution in [3.05, 3.63) is 0 Å². The molecule has 1 heterocycles. The van der Waals surface area contributed by atoms with E-state index >= 15 is 0 Å². The molecule has 0 spiro atoms. The number of likely N-dealkylation sites (N-methyl/N-ethyl adjacent to an activating group) is 1. The van der Waals surface area contributed by atoms with Crippen LogP contribution in [-0.2, 0) is 4.79 Å². The Kier molecular flexibility index (Phi) is 3.97. The number of likely N-dealkylation sites (tertiary alicyclic amines) is 1. The molecule has 2 N–H and O–H groups in total. The van der Waals surface area contributed by atoms with Gasteiger partial charge in [0, 0.05) is 12.1 Å². The summed E-state index contributed by atoms with van der Waals surface area (Å²) < 4.78 is 0. The number of nitrogens with one attached hydrogen (secondary N) is 1. The number of carboxylic acids is 1. The molecule has 0 aromatic heterocycles. The SMILES string of the molecule is CNC1(C(=O)O)CCC(N2CCC(C)CC2C)C1. The van der Waals surface area contributed by atoms with E-state index in [1.807, 2.05) is 0 Å². The van der Waals surface area contributed by atoms with Crippen molar-refractivity contribution < 1.29 is 9.90 Å². The van der Waals surface area contributed by atoms with Crippen LogP contribution >= 0.6 is 0 Å². The minimum absolute atomic E-state index is 0.441. The third kappa shape index (κ3) is 2.41. The van der Waals surface area contributed by atoms with Gasteiger partial charge in [-0.2, -0.15) is 0 Å². The van der Waals surface area contributed by atoms with Crippen molar-refractivity contribution in [2.45, 2.75) is 63.6 Å². The maximum atomic E-state index is 11.4. The topological polar surface area (TPSA) is 52.6 Å². The molecule has 4 atom stereocenters. The normalized spacial score (nSPS) is 42.1. The average molecular weight is 254 g/mol. The maximum Gasteiger partial charge on any atom is 0.323 e. The Balaban J connectivity index is 2.02. The van der Waals surface area contributed by atoms with Gasteiger partial charge in [0.25, 0.3) is 0 Å². The van der Waals surface area contributed by atoms with Crippen LogP contribution in [0.2, 0.25) is 0 Å². The molecule has 4 heteroatoms. The minimum Gasteiger partial charge on any atom is -0.480 e. The second kappa shape index (κ2) is 5.17. The predicted molar refractivity (Wildman–Crippen MR) is 71.6 cm³/mol. The van der Waals surface area contributed by atoms with Crippen molar-refractivity contribution in [3.8, 4) is 0 Å². The zero-order valence-electron chi connectivity index (χ0n) is 11.8. The van der Waals surface area contributed by atoms with Crippen LogP contribution in [0.15, 0.2) is 0 Å². The molecule has 2 rings (SSSR count). The summed E-state index contributed by atoms with van der Waals surface area (Å²) in [5.74, 6) is 0.122. The van der Waals surface area contributed by atoms with Gasteiger partial charge >= 0.3 is 5.97 Å². The Bertz CT molecular complexity index is 321. The van der Waals surface area contributed by atoms with Crippen LogP contribution in [0.1, 0.15) is 46.0 Å². The van der Waals surface area contributed by atoms with Crippen molar-refractivity contribution in [1.82, 2.24) is 10.2 Å².